The average molecular weight is 532 g/mol. The number of carbonyl (C=O) groups excluding carboxylic acids is 5. The molecule has 9 nitrogen and oxygen atoms in total. The van der Waals surface area contributed by atoms with E-state index in [2.05, 4.69) is 0 Å². The molecule has 0 amide bonds. The number of carbonyl (C=O) groups is 5. The van der Waals surface area contributed by atoms with Gasteiger partial charge in [-0.15, -0.1) is 0 Å². The van der Waals surface area contributed by atoms with Crippen LogP contribution < -0.4 is 0 Å². The molecule has 194 valence electrons. The van der Waals surface area contributed by atoms with Crippen LogP contribution in [0.1, 0.15) is 57.4 Å². The molecular formula is C31H16O9. The van der Waals surface area contributed by atoms with Crippen LogP contribution in [0, 0.1) is 0 Å². The fraction of sp³-hybridized carbons (Fsp3) is 0.0645. The van der Waals surface area contributed by atoms with Crippen molar-refractivity contribution in [2.24, 2.45) is 0 Å². The Labute approximate surface area is 225 Å². The second-order valence-electron chi connectivity index (χ2n) is 9.44. The van der Waals surface area contributed by atoms with Crippen LogP contribution >= 0.6 is 0 Å². The zero-order valence-electron chi connectivity index (χ0n) is 20.5. The lowest BCUT2D eigenvalue weighted by molar-refractivity contribution is -0.0314. The van der Waals surface area contributed by atoms with E-state index in [-0.39, 0.29) is 35.7 Å². The quantitative estimate of drug-likeness (QED) is 0.205. The maximum atomic E-state index is 12.3. The maximum Gasteiger partial charge on any atom is 0.346 e. The molecule has 4 aromatic rings. The molecule has 40 heavy (non-hydrogen) atoms. The molecule has 0 atom stereocenters. The van der Waals surface area contributed by atoms with E-state index in [0.717, 1.165) is 11.1 Å². The van der Waals surface area contributed by atoms with Crippen molar-refractivity contribution in [3.8, 4) is 33.4 Å². The molecule has 0 bridgehead atoms. The minimum absolute atomic E-state index is 0.130. The van der Waals surface area contributed by atoms with Crippen LogP contribution in [0.3, 0.4) is 0 Å². The summed E-state index contributed by atoms with van der Waals surface area (Å²) in [6, 6.07) is 20.8. The average Bonchev–Trinajstić information content (AvgIpc) is 3.33. The minimum atomic E-state index is -0.710. The lowest BCUT2D eigenvalue weighted by Gasteiger charge is -2.13. The van der Waals surface area contributed by atoms with Crippen molar-refractivity contribution < 1.29 is 42.9 Å². The third kappa shape index (κ3) is 3.79. The molecule has 0 fully saturated rings. The van der Waals surface area contributed by atoms with Crippen LogP contribution in [0.5, 0.6) is 0 Å². The van der Waals surface area contributed by atoms with E-state index in [0.29, 0.717) is 33.4 Å². The molecule has 0 aromatic heterocycles. The Kier molecular flexibility index (Phi) is 5.22. The molecule has 0 radical (unpaired) electrons. The summed E-state index contributed by atoms with van der Waals surface area (Å²) < 4.78 is 19.9. The van der Waals surface area contributed by atoms with E-state index >= 15 is 0 Å². The monoisotopic (exact) mass is 532 g/mol. The van der Waals surface area contributed by atoms with Gasteiger partial charge in [-0.1, -0.05) is 18.2 Å². The van der Waals surface area contributed by atoms with Crippen molar-refractivity contribution in [2.45, 2.75) is 6.61 Å². The van der Waals surface area contributed by atoms with Gasteiger partial charge in [-0.25, -0.2) is 24.0 Å². The summed E-state index contributed by atoms with van der Waals surface area (Å²) in [6.45, 7) is 0.0679. The number of ether oxygens (including phenoxy) is 4. The highest BCUT2D eigenvalue weighted by atomic mass is 16.7. The van der Waals surface area contributed by atoms with Gasteiger partial charge in [0.05, 0.1) is 34.4 Å². The molecule has 0 N–H and O–H groups in total. The predicted octanol–water partition coefficient (Wildman–Crippen LogP) is 4.95. The van der Waals surface area contributed by atoms with E-state index in [9.17, 15) is 24.0 Å². The van der Waals surface area contributed by atoms with Crippen molar-refractivity contribution in [3.63, 3.8) is 0 Å². The summed E-state index contributed by atoms with van der Waals surface area (Å²) >= 11 is 0. The first-order chi connectivity index (χ1) is 19.4. The van der Waals surface area contributed by atoms with Crippen LogP contribution in [0.2, 0.25) is 0 Å². The van der Waals surface area contributed by atoms with E-state index in [1.807, 2.05) is 24.3 Å². The normalized spacial score (nSPS) is 15.6. The largest absolute Gasteiger partial charge is 0.435 e. The van der Waals surface area contributed by atoms with E-state index in [4.69, 9.17) is 18.9 Å². The molecule has 3 aliphatic rings. The van der Waals surface area contributed by atoms with E-state index in [1.54, 1.807) is 48.5 Å². The first-order valence-corrected chi connectivity index (χ1v) is 12.2. The van der Waals surface area contributed by atoms with Crippen LogP contribution in [0.25, 0.3) is 33.4 Å². The first-order valence-electron chi connectivity index (χ1n) is 12.2. The number of fused-ring (bicyclic) bond motifs is 3. The minimum Gasteiger partial charge on any atom is -0.435 e. The molecule has 0 saturated heterocycles. The summed E-state index contributed by atoms with van der Waals surface area (Å²) in [4.78, 5) is 60.7. The molecule has 0 saturated carbocycles. The number of rotatable bonds is 3. The highest BCUT2D eigenvalue weighted by Crippen LogP contribution is 2.36. The molecule has 3 heterocycles. The van der Waals surface area contributed by atoms with Gasteiger partial charge in [-0.3, -0.25) is 0 Å². The smallest absolute Gasteiger partial charge is 0.346 e. The Morgan fingerprint density at radius 2 is 0.875 bits per heavy atom. The lowest BCUT2D eigenvalue weighted by atomic mass is 9.90. The van der Waals surface area contributed by atoms with Gasteiger partial charge in [0.2, 0.25) is 0 Å². The predicted molar refractivity (Wildman–Crippen MR) is 137 cm³/mol. The van der Waals surface area contributed by atoms with Gasteiger partial charge in [-0.05, 0) is 93.5 Å². The van der Waals surface area contributed by atoms with Gasteiger partial charge in [-0.2, -0.15) is 0 Å². The molecule has 4 aromatic carbocycles. The Bertz CT molecular complexity index is 1750. The highest BCUT2D eigenvalue weighted by Gasteiger charge is 2.31. The van der Waals surface area contributed by atoms with Crippen molar-refractivity contribution in [3.05, 3.63) is 106 Å². The van der Waals surface area contributed by atoms with Crippen LogP contribution in [-0.2, 0) is 25.6 Å². The number of esters is 5. The van der Waals surface area contributed by atoms with Gasteiger partial charge in [0.25, 0.3) is 0 Å². The maximum absolute atomic E-state index is 12.3. The Morgan fingerprint density at radius 1 is 0.425 bits per heavy atom. The van der Waals surface area contributed by atoms with Gasteiger partial charge in [0, 0.05) is 0 Å². The Hall–Kier alpha value is -5.41. The van der Waals surface area contributed by atoms with Gasteiger partial charge < -0.3 is 18.9 Å². The zero-order valence-corrected chi connectivity index (χ0v) is 20.5. The second-order valence-corrected chi connectivity index (χ2v) is 9.44. The molecule has 0 unspecified atom stereocenters. The molecule has 9 heteroatoms. The lowest BCUT2D eigenvalue weighted by Crippen LogP contribution is -2.04. The summed E-state index contributed by atoms with van der Waals surface area (Å²) in [5, 5.41) is 0. The fourth-order valence-electron chi connectivity index (χ4n) is 5.07. The van der Waals surface area contributed by atoms with Crippen LogP contribution in [-0.4, -0.2) is 36.6 Å². The second kappa shape index (κ2) is 8.82. The first kappa shape index (κ1) is 23.7. The van der Waals surface area contributed by atoms with Gasteiger partial charge >= 0.3 is 29.8 Å². The third-order valence-corrected chi connectivity index (χ3v) is 7.08. The molecule has 7 rings (SSSR count). The summed E-state index contributed by atoms with van der Waals surface area (Å²) in [5.74, 6) is -3.26. The zero-order chi connectivity index (χ0) is 27.5. The Balaban J connectivity index is 1.40. The standard InChI is InChI=1S/C31H16O9/c32-27-22-4-1-15(7-21(22)13-37-14-38-27)18-8-19(16-2-5-23-25(11-16)30(35)39-28(23)33)10-20(9-18)17-3-6-24-26(12-17)31(36)40-29(24)34/h1-12H,13-14H2. The van der Waals surface area contributed by atoms with Crippen molar-refractivity contribution in [1.82, 2.24) is 0 Å². The molecule has 3 aliphatic heterocycles. The summed E-state index contributed by atoms with van der Waals surface area (Å²) in [6.07, 6.45) is 0. The SMILES string of the molecule is O=C1OCOCc2cc(-c3cc(-c4ccc5c(c4)C(=O)OC5=O)cc(-c4ccc5c(c4)C(=O)OC5=O)c3)ccc21. The molecule has 0 aliphatic carbocycles. The number of benzene rings is 4. The number of cyclic esters (lactones) is 5. The number of hydrogen-bond donors (Lipinski definition) is 0. The van der Waals surface area contributed by atoms with Crippen molar-refractivity contribution in [2.75, 3.05) is 6.79 Å². The van der Waals surface area contributed by atoms with Gasteiger partial charge in [0.1, 0.15) is 0 Å². The van der Waals surface area contributed by atoms with E-state index in [1.165, 1.54) is 0 Å². The molecule has 0 spiro atoms. The van der Waals surface area contributed by atoms with Gasteiger partial charge in [0.15, 0.2) is 6.79 Å². The van der Waals surface area contributed by atoms with Crippen LogP contribution in [0.15, 0.2) is 72.8 Å². The summed E-state index contributed by atoms with van der Waals surface area (Å²) in [5.41, 5.74) is 6.14. The topological polar surface area (TPSA) is 122 Å². The number of hydrogen-bond acceptors (Lipinski definition) is 9. The van der Waals surface area contributed by atoms with Crippen molar-refractivity contribution in [1.29, 1.82) is 0 Å². The fourth-order valence-corrected chi connectivity index (χ4v) is 5.07. The highest BCUT2D eigenvalue weighted by molar-refractivity contribution is 6.16. The van der Waals surface area contributed by atoms with E-state index < -0.39 is 29.8 Å². The third-order valence-electron chi connectivity index (χ3n) is 7.08. The van der Waals surface area contributed by atoms with Crippen molar-refractivity contribution >= 4 is 29.8 Å². The van der Waals surface area contributed by atoms with Crippen LogP contribution in [0.4, 0.5) is 0 Å². The summed E-state index contributed by atoms with van der Waals surface area (Å²) in [7, 11) is 0. The Morgan fingerprint density at radius 3 is 1.40 bits per heavy atom. The molecular weight excluding hydrogens is 516 g/mol.